The largest absolute Gasteiger partial charge is 0.495 e. The number of aromatic nitrogens is 2. The van der Waals surface area contributed by atoms with Crippen molar-refractivity contribution in [3.8, 4) is 5.75 Å². The van der Waals surface area contributed by atoms with Gasteiger partial charge in [-0.2, -0.15) is 4.98 Å². The molecule has 0 aliphatic carbocycles. The van der Waals surface area contributed by atoms with E-state index in [-0.39, 0.29) is 5.56 Å². The van der Waals surface area contributed by atoms with Crippen molar-refractivity contribution in [2.75, 3.05) is 17.7 Å². The Balaban J connectivity index is 1.87. The lowest BCUT2D eigenvalue weighted by molar-refractivity contribution is 0.0698. The Morgan fingerprint density at radius 3 is 2.67 bits per heavy atom. The first-order chi connectivity index (χ1) is 13.0. The van der Waals surface area contributed by atoms with Gasteiger partial charge in [-0.25, -0.2) is 9.78 Å². The number of carboxylic acids is 1. The normalized spacial score (nSPS) is 10.3. The SMILES string of the molecule is COc1cc(Cl)c(C)cc1Nc1nccc(Nc2ccccc2C(=O)O)n1. The van der Waals surface area contributed by atoms with E-state index in [2.05, 4.69) is 20.6 Å². The van der Waals surface area contributed by atoms with Crippen molar-refractivity contribution >= 4 is 40.7 Å². The average Bonchev–Trinajstić information content (AvgIpc) is 2.65. The van der Waals surface area contributed by atoms with Gasteiger partial charge in [0.25, 0.3) is 0 Å². The number of benzene rings is 2. The average molecular weight is 385 g/mol. The molecule has 0 aliphatic heterocycles. The number of hydrogen-bond donors (Lipinski definition) is 3. The number of carboxylic acid groups (broad SMARTS) is 1. The van der Waals surface area contributed by atoms with Gasteiger partial charge >= 0.3 is 5.97 Å². The molecule has 0 unspecified atom stereocenters. The molecule has 0 spiro atoms. The highest BCUT2D eigenvalue weighted by Crippen LogP contribution is 2.32. The van der Waals surface area contributed by atoms with Gasteiger partial charge in [-0.15, -0.1) is 0 Å². The summed E-state index contributed by atoms with van der Waals surface area (Å²) in [4.78, 5) is 19.9. The smallest absolute Gasteiger partial charge is 0.337 e. The second-order valence-corrected chi connectivity index (χ2v) is 6.08. The molecule has 3 N–H and O–H groups in total. The zero-order valence-corrected chi connectivity index (χ0v) is 15.4. The predicted molar refractivity (Wildman–Crippen MR) is 105 cm³/mol. The van der Waals surface area contributed by atoms with Crippen molar-refractivity contribution in [3.63, 3.8) is 0 Å². The fourth-order valence-corrected chi connectivity index (χ4v) is 2.61. The number of methoxy groups -OCH3 is 1. The molecule has 7 nitrogen and oxygen atoms in total. The van der Waals surface area contributed by atoms with Crippen LogP contribution in [0, 0.1) is 6.92 Å². The fraction of sp³-hybridized carbons (Fsp3) is 0.105. The summed E-state index contributed by atoms with van der Waals surface area (Å²) in [6.45, 7) is 1.88. The molecule has 138 valence electrons. The zero-order valence-electron chi connectivity index (χ0n) is 14.7. The van der Waals surface area contributed by atoms with Gasteiger partial charge in [-0.1, -0.05) is 23.7 Å². The summed E-state index contributed by atoms with van der Waals surface area (Å²) in [5.74, 6) is 0.314. The maximum Gasteiger partial charge on any atom is 0.337 e. The van der Waals surface area contributed by atoms with Gasteiger partial charge in [0.05, 0.1) is 24.0 Å². The Morgan fingerprint density at radius 1 is 1.15 bits per heavy atom. The molecule has 0 aliphatic rings. The quantitative estimate of drug-likeness (QED) is 0.570. The van der Waals surface area contributed by atoms with Crippen molar-refractivity contribution in [1.29, 1.82) is 0 Å². The summed E-state index contributed by atoms with van der Waals surface area (Å²) in [6.07, 6.45) is 1.57. The number of ether oxygens (including phenoxy) is 1. The first-order valence-electron chi connectivity index (χ1n) is 8.01. The topological polar surface area (TPSA) is 96.4 Å². The van der Waals surface area contributed by atoms with E-state index in [0.29, 0.717) is 33.9 Å². The van der Waals surface area contributed by atoms with E-state index in [1.807, 2.05) is 13.0 Å². The van der Waals surface area contributed by atoms with Gasteiger partial charge in [0.2, 0.25) is 5.95 Å². The number of rotatable bonds is 6. The van der Waals surface area contributed by atoms with Crippen LogP contribution in [0.3, 0.4) is 0 Å². The standard InChI is InChI=1S/C19H17ClN4O3/c1-11-9-15(16(27-2)10-13(11)20)23-19-21-8-7-17(24-19)22-14-6-4-3-5-12(14)18(25)26/h3-10H,1-2H3,(H,25,26)(H2,21,22,23,24). The third-order valence-corrected chi connectivity index (χ3v) is 4.21. The minimum absolute atomic E-state index is 0.153. The van der Waals surface area contributed by atoms with Gasteiger partial charge < -0.3 is 20.5 Å². The van der Waals surface area contributed by atoms with E-state index in [1.54, 1.807) is 43.6 Å². The van der Waals surface area contributed by atoms with Crippen LogP contribution in [0.25, 0.3) is 0 Å². The van der Waals surface area contributed by atoms with Crippen LogP contribution in [0.4, 0.5) is 23.1 Å². The van der Waals surface area contributed by atoms with Crippen LogP contribution in [0.2, 0.25) is 5.02 Å². The molecule has 0 saturated carbocycles. The number of carbonyl (C=O) groups is 1. The van der Waals surface area contributed by atoms with E-state index in [4.69, 9.17) is 16.3 Å². The summed E-state index contributed by atoms with van der Waals surface area (Å²) in [5, 5.41) is 16.0. The van der Waals surface area contributed by atoms with Crippen LogP contribution >= 0.6 is 11.6 Å². The predicted octanol–water partition coefficient (Wildman–Crippen LogP) is 4.63. The van der Waals surface area contributed by atoms with Crippen molar-refractivity contribution in [3.05, 3.63) is 64.8 Å². The molecule has 27 heavy (non-hydrogen) atoms. The first kappa shape index (κ1) is 18.5. The molecule has 0 amide bonds. The maximum atomic E-state index is 11.3. The van der Waals surface area contributed by atoms with Crippen LogP contribution in [-0.2, 0) is 0 Å². The van der Waals surface area contributed by atoms with E-state index in [0.717, 1.165) is 5.56 Å². The number of nitrogens with one attached hydrogen (secondary N) is 2. The Labute approximate surface area is 161 Å². The van der Waals surface area contributed by atoms with E-state index >= 15 is 0 Å². The molecule has 0 fully saturated rings. The highest BCUT2D eigenvalue weighted by molar-refractivity contribution is 6.31. The van der Waals surface area contributed by atoms with Crippen LogP contribution in [0.5, 0.6) is 5.75 Å². The Morgan fingerprint density at radius 2 is 1.93 bits per heavy atom. The molecule has 0 radical (unpaired) electrons. The molecule has 8 heteroatoms. The summed E-state index contributed by atoms with van der Waals surface area (Å²) >= 11 is 6.13. The Hall–Kier alpha value is -3.32. The van der Waals surface area contributed by atoms with Crippen molar-refractivity contribution in [2.45, 2.75) is 6.92 Å². The summed E-state index contributed by atoms with van der Waals surface area (Å²) < 4.78 is 5.34. The maximum absolute atomic E-state index is 11.3. The highest BCUT2D eigenvalue weighted by atomic mass is 35.5. The van der Waals surface area contributed by atoms with Gasteiger partial charge in [0, 0.05) is 17.3 Å². The number of halogens is 1. The minimum atomic E-state index is -1.02. The van der Waals surface area contributed by atoms with Gasteiger partial charge in [-0.3, -0.25) is 0 Å². The number of hydrogen-bond acceptors (Lipinski definition) is 6. The molecule has 0 atom stereocenters. The molecular formula is C19H17ClN4O3. The number of para-hydroxylation sites is 1. The number of aryl methyl sites for hydroxylation is 1. The Kier molecular flexibility index (Phi) is 5.42. The minimum Gasteiger partial charge on any atom is -0.495 e. The third kappa shape index (κ3) is 4.27. The third-order valence-electron chi connectivity index (χ3n) is 3.80. The van der Waals surface area contributed by atoms with Crippen LogP contribution < -0.4 is 15.4 Å². The second-order valence-electron chi connectivity index (χ2n) is 5.67. The fourth-order valence-electron chi connectivity index (χ4n) is 2.46. The van der Waals surface area contributed by atoms with Gasteiger partial charge in [-0.05, 0) is 36.8 Å². The Bertz CT molecular complexity index is 994. The highest BCUT2D eigenvalue weighted by Gasteiger charge is 2.11. The number of aromatic carboxylic acids is 1. The monoisotopic (exact) mass is 384 g/mol. The molecule has 3 rings (SSSR count). The summed E-state index contributed by atoms with van der Waals surface area (Å²) in [5.41, 5.74) is 2.14. The number of anilines is 4. The van der Waals surface area contributed by atoms with Crippen LogP contribution in [0.1, 0.15) is 15.9 Å². The molecule has 3 aromatic rings. The number of nitrogens with zero attached hydrogens (tertiary/aromatic N) is 2. The summed E-state index contributed by atoms with van der Waals surface area (Å²) in [6, 6.07) is 11.8. The van der Waals surface area contributed by atoms with Crippen molar-refractivity contribution in [1.82, 2.24) is 9.97 Å². The van der Waals surface area contributed by atoms with Gasteiger partial charge in [0.15, 0.2) is 0 Å². The van der Waals surface area contributed by atoms with Crippen LogP contribution in [-0.4, -0.2) is 28.2 Å². The van der Waals surface area contributed by atoms with Crippen molar-refractivity contribution in [2.24, 2.45) is 0 Å². The lowest BCUT2D eigenvalue weighted by Gasteiger charge is -2.13. The lowest BCUT2D eigenvalue weighted by atomic mass is 10.2. The first-order valence-corrected chi connectivity index (χ1v) is 8.39. The molecule has 2 aromatic carbocycles. The molecule has 0 saturated heterocycles. The van der Waals surface area contributed by atoms with Gasteiger partial charge in [0.1, 0.15) is 11.6 Å². The zero-order chi connectivity index (χ0) is 19.4. The second kappa shape index (κ2) is 7.92. The van der Waals surface area contributed by atoms with E-state index < -0.39 is 5.97 Å². The van der Waals surface area contributed by atoms with E-state index in [9.17, 15) is 9.90 Å². The summed E-state index contributed by atoms with van der Waals surface area (Å²) in [7, 11) is 1.55. The lowest BCUT2D eigenvalue weighted by Crippen LogP contribution is -2.05. The molecule has 1 heterocycles. The molecular weight excluding hydrogens is 368 g/mol. The van der Waals surface area contributed by atoms with Crippen LogP contribution in [0.15, 0.2) is 48.7 Å². The molecule has 0 bridgehead atoms. The van der Waals surface area contributed by atoms with Crippen molar-refractivity contribution < 1.29 is 14.6 Å². The van der Waals surface area contributed by atoms with E-state index in [1.165, 1.54) is 6.07 Å². The molecule has 1 aromatic heterocycles.